The van der Waals surface area contributed by atoms with E-state index in [0.717, 1.165) is 5.69 Å². The zero-order valence-corrected chi connectivity index (χ0v) is 16.9. The molecule has 3 heterocycles. The number of fused-ring (bicyclic) bond motifs is 1. The summed E-state index contributed by atoms with van der Waals surface area (Å²) in [5.41, 5.74) is 7.29. The van der Waals surface area contributed by atoms with Gasteiger partial charge in [-0.25, -0.2) is 19.4 Å². The fourth-order valence-electron chi connectivity index (χ4n) is 3.60. The first-order valence-corrected chi connectivity index (χ1v) is 9.41. The monoisotopic (exact) mass is 408 g/mol. The molecule has 30 heavy (non-hydrogen) atoms. The first kappa shape index (κ1) is 19.7. The predicted molar refractivity (Wildman–Crippen MR) is 109 cm³/mol. The molecule has 0 saturated heterocycles. The van der Waals surface area contributed by atoms with Gasteiger partial charge in [-0.2, -0.15) is 0 Å². The quantitative estimate of drug-likeness (QED) is 0.665. The van der Waals surface area contributed by atoms with Crippen LogP contribution < -0.4 is 5.73 Å². The molecule has 154 valence electrons. The van der Waals surface area contributed by atoms with Gasteiger partial charge in [0, 0.05) is 31.4 Å². The predicted octanol–water partition coefficient (Wildman–Crippen LogP) is 1.99. The molecule has 1 amide bonds. The molecule has 0 spiro atoms. The summed E-state index contributed by atoms with van der Waals surface area (Å²) >= 11 is 0. The largest absolute Gasteiger partial charge is 0.369 e. The zero-order valence-electron chi connectivity index (χ0n) is 16.9. The van der Waals surface area contributed by atoms with Gasteiger partial charge in [0.25, 0.3) is 0 Å². The van der Waals surface area contributed by atoms with Gasteiger partial charge in [0.15, 0.2) is 17.4 Å². The summed E-state index contributed by atoms with van der Waals surface area (Å²) in [5, 5.41) is 0. The molecule has 0 bridgehead atoms. The van der Waals surface area contributed by atoms with Crippen molar-refractivity contribution in [3.63, 3.8) is 0 Å². The van der Waals surface area contributed by atoms with Crippen LogP contribution in [0.15, 0.2) is 41.8 Å². The molecule has 1 atom stereocenters. The van der Waals surface area contributed by atoms with Gasteiger partial charge >= 0.3 is 0 Å². The van der Waals surface area contributed by atoms with E-state index in [1.54, 1.807) is 35.9 Å². The van der Waals surface area contributed by atoms with Crippen molar-refractivity contribution in [1.29, 1.82) is 0 Å². The van der Waals surface area contributed by atoms with Crippen LogP contribution >= 0.6 is 0 Å². The third-order valence-corrected chi connectivity index (χ3v) is 5.30. The number of aromatic nitrogens is 3. The lowest BCUT2D eigenvalue weighted by Gasteiger charge is -2.34. The van der Waals surface area contributed by atoms with Gasteiger partial charge < -0.3 is 10.1 Å². The molecule has 9 heteroatoms. The Balaban J connectivity index is 1.64. The molecule has 4 rings (SSSR count). The fraction of sp³-hybridized carbons (Fsp3) is 0.286. The van der Waals surface area contributed by atoms with E-state index in [-0.39, 0.29) is 41.7 Å². The van der Waals surface area contributed by atoms with Crippen LogP contribution in [0.25, 0.3) is 5.65 Å². The van der Waals surface area contributed by atoms with Gasteiger partial charge in [-0.3, -0.25) is 14.5 Å². The summed E-state index contributed by atoms with van der Waals surface area (Å²) in [5.74, 6) is -0.939. The van der Waals surface area contributed by atoms with E-state index in [2.05, 4.69) is 15.0 Å². The molecule has 1 aliphatic heterocycles. The Labute approximate surface area is 172 Å². The van der Waals surface area contributed by atoms with Crippen LogP contribution in [-0.4, -0.2) is 44.0 Å². The van der Waals surface area contributed by atoms with Crippen molar-refractivity contribution in [2.75, 3.05) is 7.05 Å². The number of benzene rings is 1. The number of nitrogens with zero attached hydrogens (tertiary/aromatic N) is 5. The molecule has 1 unspecified atom stereocenters. The number of hydrogen-bond donors (Lipinski definition) is 1. The number of imidazole rings is 1. The van der Waals surface area contributed by atoms with Crippen LogP contribution in [0.4, 0.5) is 4.39 Å². The van der Waals surface area contributed by atoms with Gasteiger partial charge in [0.05, 0.1) is 23.9 Å². The van der Waals surface area contributed by atoms with Gasteiger partial charge in [0.1, 0.15) is 11.5 Å². The highest BCUT2D eigenvalue weighted by Crippen LogP contribution is 2.35. The molecule has 0 aliphatic carbocycles. The molecule has 0 fully saturated rings. The molecule has 1 aromatic carbocycles. The summed E-state index contributed by atoms with van der Waals surface area (Å²) in [4.78, 5) is 39.1. The molecule has 8 nitrogen and oxygen atoms in total. The second kappa shape index (κ2) is 7.01. The van der Waals surface area contributed by atoms with Crippen LogP contribution in [-0.2, 0) is 16.8 Å². The number of carbonyl (C=O) groups excluding carboxylic acids is 2. The number of ketones is 1. The highest BCUT2D eigenvalue weighted by Gasteiger charge is 2.38. The first-order valence-electron chi connectivity index (χ1n) is 9.41. The lowest BCUT2D eigenvalue weighted by molar-refractivity contribution is -0.128. The summed E-state index contributed by atoms with van der Waals surface area (Å²) in [6.45, 7) is 3.52. The zero-order chi connectivity index (χ0) is 21.6. The number of Topliss-reactive ketones (excluding diaryl/α,β-unsaturated/α-hetero) is 1. The third kappa shape index (κ3) is 3.42. The Bertz CT molecular complexity index is 1220. The second-order valence-corrected chi connectivity index (χ2v) is 7.71. The van der Waals surface area contributed by atoms with Crippen molar-refractivity contribution in [1.82, 2.24) is 19.3 Å². The smallest absolute Gasteiger partial charge is 0.231 e. The second-order valence-electron chi connectivity index (χ2n) is 7.71. The molecule has 0 saturated carbocycles. The fourth-order valence-corrected chi connectivity index (χ4v) is 3.60. The number of nitrogens with two attached hydrogens (primary N) is 1. The normalized spacial score (nSPS) is 19.3. The Morgan fingerprint density at radius 1 is 1.33 bits per heavy atom. The summed E-state index contributed by atoms with van der Waals surface area (Å²) < 4.78 is 16.4. The van der Waals surface area contributed by atoms with Crippen LogP contribution in [0.2, 0.25) is 0 Å². The van der Waals surface area contributed by atoms with E-state index in [0.29, 0.717) is 11.2 Å². The number of aliphatic imine (C=N–C) groups is 1. The van der Waals surface area contributed by atoms with Crippen molar-refractivity contribution in [2.45, 2.75) is 32.2 Å². The van der Waals surface area contributed by atoms with E-state index in [9.17, 15) is 14.0 Å². The summed E-state index contributed by atoms with van der Waals surface area (Å²) in [7, 11) is 1.53. The highest BCUT2D eigenvalue weighted by molar-refractivity contribution is 5.99. The van der Waals surface area contributed by atoms with Crippen molar-refractivity contribution >= 4 is 23.3 Å². The molecular weight excluding hydrogens is 387 g/mol. The maximum atomic E-state index is 14.6. The van der Waals surface area contributed by atoms with E-state index >= 15 is 0 Å². The number of aryl methyl sites for hydroxylation is 1. The number of rotatable bonds is 4. The SMILES string of the molecule is Cc1cn2cc(C(=O)Cc3ccc(F)c(C4(C)CC(=O)N(C)C(N)=N4)c3)ncc2n1. The molecule has 1 aliphatic rings. The van der Waals surface area contributed by atoms with Gasteiger partial charge in [0.2, 0.25) is 5.91 Å². The van der Waals surface area contributed by atoms with Crippen LogP contribution in [0.1, 0.15) is 40.7 Å². The van der Waals surface area contributed by atoms with Crippen molar-refractivity contribution in [3.8, 4) is 0 Å². The van der Waals surface area contributed by atoms with E-state index in [1.165, 1.54) is 18.0 Å². The number of halogens is 1. The van der Waals surface area contributed by atoms with E-state index in [4.69, 9.17) is 5.73 Å². The van der Waals surface area contributed by atoms with Gasteiger partial charge in [-0.05, 0) is 31.5 Å². The summed E-state index contributed by atoms with van der Waals surface area (Å²) in [6, 6.07) is 4.40. The lowest BCUT2D eigenvalue weighted by Crippen LogP contribution is -2.47. The van der Waals surface area contributed by atoms with Crippen molar-refractivity contribution in [2.24, 2.45) is 10.7 Å². The minimum atomic E-state index is -1.14. The Morgan fingerprint density at radius 2 is 2.10 bits per heavy atom. The lowest BCUT2D eigenvalue weighted by atomic mass is 9.85. The Hall–Kier alpha value is -3.62. The minimum Gasteiger partial charge on any atom is -0.369 e. The number of guanidine groups is 1. The number of carbonyl (C=O) groups is 2. The molecule has 2 aromatic heterocycles. The van der Waals surface area contributed by atoms with Gasteiger partial charge in [-0.1, -0.05) is 6.07 Å². The standard InChI is InChI=1S/C21H21FN6O2/c1-12-10-28-11-16(24-9-18(28)25-12)17(29)7-13-4-5-15(22)14(6-13)21(2)8-19(30)27(3)20(23)26-21/h4-6,9-11H,7-8H2,1-3H3,(H2,23,26). The number of hydrogen-bond acceptors (Lipinski definition) is 6. The van der Waals surface area contributed by atoms with E-state index < -0.39 is 11.4 Å². The third-order valence-electron chi connectivity index (χ3n) is 5.30. The van der Waals surface area contributed by atoms with Crippen molar-refractivity contribution in [3.05, 3.63) is 65.1 Å². The first-order chi connectivity index (χ1) is 14.2. The summed E-state index contributed by atoms with van der Waals surface area (Å²) in [6.07, 6.45) is 4.99. The van der Waals surface area contributed by atoms with Crippen LogP contribution in [0.3, 0.4) is 0 Å². The van der Waals surface area contributed by atoms with Crippen LogP contribution in [0.5, 0.6) is 0 Å². The van der Waals surface area contributed by atoms with E-state index in [1.807, 2.05) is 13.1 Å². The molecule has 2 N–H and O–H groups in total. The maximum Gasteiger partial charge on any atom is 0.231 e. The van der Waals surface area contributed by atoms with Crippen molar-refractivity contribution < 1.29 is 14.0 Å². The topological polar surface area (TPSA) is 106 Å². The Morgan fingerprint density at radius 3 is 2.83 bits per heavy atom. The molecule has 0 radical (unpaired) electrons. The van der Waals surface area contributed by atoms with Gasteiger partial charge in [-0.15, -0.1) is 0 Å². The Kier molecular flexibility index (Phi) is 4.60. The maximum absolute atomic E-state index is 14.6. The van der Waals surface area contributed by atoms with Crippen LogP contribution in [0, 0.1) is 12.7 Å². The number of amides is 1. The average Bonchev–Trinajstić information content (AvgIpc) is 3.06. The molecular formula is C21H21FN6O2. The highest BCUT2D eigenvalue weighted by atomic mass is 19.1. The average molecular weight is 408 g/mol. The molecule has 3 aromatic rings. The minimum absolute atomic E-state index is 0.0171.